The lowest BCUT2D eigenvalue weighted by molar-refractivity contribution is -0.149. The molecular formula is C18H24N2O6S. The van der Waals surface area contributed by atoms with Crippen LogP contribution in [-0.4, -0.2) is 44.8 Å². The summed E-state index contributed by atoms with van der Waals surface area (Å²) < 4.78 is 31.7. The molecule has 0 aliphatic heterocycles. The number of nitrogens with one attached hydrogen (secondary N) is 2. The first kappa shape index (κ1) is 21.0. The van der Waals surface area contributed by atoms with Crippen molar-refractivity contribution in [2.75, 3.05) is 6.61 Å². The zero-order chi connectivity index (χ0) is 20.0. The van der Waals surface area contributed by atoms with Gasteiger partial charge in [0.1, 0.15) is 6.04 Å². The van der Waals surface area contributed by atoms with E-state index in [1.165, 1.54) is 38.1 Å². The zero-order valence-corrected chi connectivity index (χ0v) is 16.2. The molecular weight excluding hydrogens is 372 g/mol. The number of ether oxygens (including phenoxy) is 1. The molecule has 1 aromatic carbocycles. The molecule has 9 heteroatoms. The predicted molar refractivity (Wildman–Crippen MR) is 97.6 cm³/mol. The van der Waals surface area contributed by atoms with Gasteiger partial charge in [-0.3, -0.25) is 14.4 Å². The van der Waals surface area contributed by atoms with E-state index in [0.29, 0.717) is 5.56 Å². The minimum atomic E-state index is -3.97. The summed E-state index contributed by atoms with van der Waals surface area (Å²) in [6.45, 7) is 2.26. The van der Waals surface area contributed by atoms with Gasteiger partial charge >= 0.3 is 5.97 Å². The predicted octanol–water partition coefficient (Wildman–Crippen LogP) is 1.16. The average Bonchev–Trinajstić information content (AvgIpc) is 3.12. The molecule has 1 aliphatic rings. The Balaban J connectivity index is 1.86. The Morgan fingerprint density at radius 2 is 1.74 bits per heavy atom. The molecule has 1 saturated carbocycles. The van der Waals surface area contributed by atoms with E-state index in [0.717, 1.165) is 25.7 Å². The van der Waals surface area contributed by atoms with Crippen LogP contribution >= 0.6 is 0 Å². The minimum absolute atomic E-state index is 0.0777. The van der Waals surface area contributed by atoms with Gasteiger partial charge in [-0.25, -0.2) is 8.42 Å². The van der Waals surface area contributed by atoms with Gasteiger partial charge in [0.2, 0.25) is 10.0 Å². The number of ketones is 1. The van der Waals surface area contributed by atoms with Crippen molar-refractivity contribution in [1.29, 1.82) is 0 Å². The van der Waals surface area contributed by atoms with E-state index < -0.39 is 34.5 Å². The van der Waals surface area contributed by atoms with Crippen LogP contribution in [0, 0.1) is 0 Å². The Kier molecular flexibility index (Phi) is 7.09. The van der Waals surface area contributed by atoms with Gasteiger partial charge in [-0.05, 0) is 38.8 Å². The van der Waals surface area contributed by atoms with Crippen molar-refractivity contribution in [3.63, 3.8) is 0 Å². The van der Waals surface area contributed by atoms with Gasteiger partial charge in [-0.15, -0.1) is 0 Å². The van der Waals surface area contributed by atoms with Crippen LogP contribution in [0.5, 0.6) is 0 Å². The molecule has 0 heterocycles. The lowest BCUT2D eigenvalue weighted by Crippen LogP contribution is -2.41. The number of benzene rings is 1. The number of sulfonamides is 1. The molecule has 1 aliphatic carbocycles. The van der Waals surface area contributed by atoms with Gasteiger partial charge in [-0.2, -0.15) is 4.72 Å². The molecule has 0 spiro atoms. The zero-order valence-electron chi connectivity index (χ0n) is 15.4. The number of carbonyl (C=O) groups is 3. The van der Waals surface area contributed by atoms with E-state index in [2.05, 4.69) is 10.0 Å². The van der Waals surface area contributed by atoms with Gasteiger partial charge in [0.15, 0.2) is 12.4 Å². The van der Waals surface area contributed by atoms with Crippen LogP contribution in [0.2, 0.25) is 0 Å². The summed E-state index contributed by atoms with van der Waals surface area (Å²) in [6, 6.07) is 4.31. The maximum absolute atomic E-state index is 12.3. The number of carbonyl (C=O) groups excluding carboxylic acids is 3. The van der Waals surface area contributed by atoms with E-state index in [1.54, 1.807) is 0 Å². The fraction of sp³-hybridized carbons (Fsp3) is 0.500. The fourth-order valence-corrected chi connectivity index (χ4v) is 4.01. The highest BCUT2D eigenvalue weighted by atomic mass is 32.2. The summed E-state index contributed by atoms with van der Waals surface area (Å²) >= 11 is 0. The number of amides is 1. The molecule has 1 amide bonds. The van der Waals surface area contributed by atoms with E-state index in [1.807, 2.05) is 0 Å². The van der Waals surface area contributed by atoms with Crippen LogP contribution in [0.1, 0.15) is 49.9 Å². The first-order chi connectivity index (χ1) is 12.7. The Morgan fingerprint density at radius 1 is 1.15 bits per heavy atom. The van der Waals surface area contributed by atoms with Crippen molar-refractivity contribution in [1.82, 2.24) is 10.0 Å². The lowest BCUT2D eigenvalue weighted by Gasteiger charge is -2.15. The summed E-state index contributed by atoms with van der Waals surface area (Å²) in [4.78, 5) is 34.9. The van der Waals surface area contributed by atoms with Gasteiger partial charge in [0.25, 0.3) is 5.91 Å². The second kappa shape index (κ2) is 9.09. The van der Waals surface area contributed by atoms with E-state index >= 15 is 0 Å². The van der Waals surface area contributed by atoms with Crippen molar-refractivity contribution in [2.45, 2.75) is 56.5 Å². The Hall–Kier alpha value is -2.26. The molecule has 148 valence electrons. The molecule has 0 bridgehead atoms. The molecule has 2 N–H and O–H groups in total. The van der Waals surface area contributed by atoms with Gasteiger partial charge in [-0.1, -0.05) is 25.0 Å². The SMILES string of the molecule is CC(=O)c1ccc(S(=O)(=O)N[C@@H](C)C(=O)OCC(=O)NC2CCCC2)cc1. The minimum Gasteiger partial charge on any atom is -0.454 e. The van der Waals surface area contributed by atoms with Crippen LogP contribution in [0.3, 0.4) is 0 Å². The standard InChI is InChI=1S/C18H24N2O6S/c1-12(18(23)26-11-17(22)19-15-5-3-4-6-15)20-27(24,25)16-9-7-14(8-10-16)13(2)21/h7-10,12,15,20H,3-6,11H2,1-2H3,(H,19,22)/t12-/m0/s1. The summed E-state index contributed by atoms with van der Waals surface area (Å²) in [5.41, 5.74) is 0.384. The van der Waals surface area contributed by atoms with Crippen molar-refractivity contribution in [2.24, 2.45) is 0 Å². The number of rotatable bonds is 8. The highest BCUT2D eigenvalue weighted by Crippen LogP contribution is 2.17. The summed E-state index contributed by atoms with van der Waals surface area (Å²) in [6.07, 6.45) is 3.96. The first-order valence-electron chi connectivity index (χ1n) is 8.78. The highest BCUT2D eigenvalue weighted by molar-refractivity contribution is 7.89. The van der Waals surface area contributed by atoms with Crippen molar-refractivity contribution < 1.29 is 27.5 Å². The third-order valence-corrected chi connectivity index (χ3v) is 5.88. The van der Waals surface area contributed by atoms with Crippen LogP contribution in [-0.2, 0) is 24.3 Å². The third kappa shape index (κ3) is 6.14. The quantitative estimate of drug-likeness (QED) is 0.503. The molecule has 0 radical (unpaired) electrons. The second-order valence-electron chi connectivity index (χ2n) is 6.58. The second-order valence-corrected chi connectivity index (χ2v) is 8.29. The fourth-order valence-electron chi connectivity index (χ4n) is 2.82. The topological polar surface area (TPSA) is 119 Å². The van der Waals surface area contributed by atoms with Crippen LogP contribution in [0.15, 0.2) is 29.2 Å². The van der Waals surface area contributed by atoms with Crippen molar-refractivity contribution in [3.05, 3.63) is 29.8 Å². The number of Topliss-reactive ketones (excluding diaryl/α,β-unsaturated/α-hetero) is 1. The first-order valence-corrected chi connectivity index (χ1v) is 10.3. The van der Waals surface area contributed by atoms with Gasteiger partial charge < -0.3 is 10.1 Å². The maximum atomic E-state index is 12.3. The number of hydrogen-bond acceptors (Lipinski definition) is 6. The maximum Gasteiger partial charge on any atom is 0.324 e. The van der Waals surface area contributed by atoms with Crippen molar-refractivity contribution >= 4 is 27.7 Å². The average molecular weight is 396 g/mol. The third-order valence-electron chi connectivity index (χ3n) is 4.32. The van der Waals surface area contributed by atoms with E-state index in [4.69, 9.17) is 4.74 Å². The molecule has 0 aromatic heterocycles. The summed E-state index contributed by atoms with van der Waals surface area (Å²) in [5.74, 6) is -1.43. The van der Waals surface area contributed by atoms with E-state index in [9.17, 15) is 22.8 Å². The van der Waals surface area contributed by atoms with Crippen LogP contribution < -0.4 is 10.0 Å². The molecule has 27 heavy (non-hydrogen) atoms. The normalized spacial score (nSPS) is 15.9. The molecule has 8 nitrogen and oxygen atoms in total. The van der Waals surface area contributed by atoms with E-state index in [-0.39, 0.29) is 16.7 Å². The molecule has 0 saturated heterocycles. The molecule has 1 atom stereocenters. The molecule has 1 aromatic rings. The smallest absolute Gasteiger partial charge is 0.324 e. The van der Waals surface area contributed by atoms with Gasteiger partial charge in [0.05, 0.1) is 4.90 Å². The van der Waals surface area contributed by atoms with Gasteiger partial charge in [0, 0.05) is 11.6 Å². The Morgan fingerprint density at radius 3 is 2.30 bits per heavy atom. The number of hydrogen-bond donors (Lipinski definition) is 2. The largest absolute Gasteiger partial charge is 0.454 e. The van der Waals surface area contributed by atoms with Crippen molar-refractivity contribution in [3.8, 4) is 0 Å². The monoisotopic (exact) mass is 396 g/mol. The summed E-state index contributed by atoms with van der Waals surface area (Å²) in [5, 5.41) is 2.78. The van der Waals surface area contributed by atoms with Crippen LogP contribution in [0.25, 0.3) is 0 Å². The van der Waals surface area contributed by atoms with Crippen LogP contribution in [0.4, 0.5) is 0 Å². The Bertz CT molecular complexity index is 798. The molecule has 0 unspecified atom stereocenters. The number of esters is 1. The molecule has 1 fully saturated rings. The molecule has 2 rings (SSSR count). The Labute approximate surface area is 158 Å². The summed E-state index contributed by atoms with van der Waals surface area (Å²) in [7, 11) is -3.97. The highest BCUT2D eigenvalue weighted by Gasteiger charge is 2.24. The lowest BCUT2D eigenvalue weighted by atomic mass is 10.2.